The summed E-state index contributed by atoms with van der Waals surface area (Å²) in [5, 5.41) is 3.62. The van der Waals surface area contributed by atoms with Crippen LogP contribution in [0.15, 0.2) is 0 Å². The van der Waals surface area contributed by atoms with Gasteiger partial charge in [-0.15, -0.1) is 0 Å². The topological polar surface area (TPSA) is 21.3 Å². The summed E-state index contributed by atoms with van der Waals surface area (Å²) in [6, 6.07) is 0. The molecule has 1 N–H and O–H groups in total. The molecule has 21 heavy (non-hydrogen) atoms. The lowest BCUT2D eigenvalue weighted by Gasteiger charge is -2.42. The molecular formula is C19H39NO. The fraction of sp³-hybridized carbons (Fsp3) is 1.00. The highest BCUT2D eigenvalue weighted by Crippen LogP contribution is 2.36. The Balaban J connectivity index is 2.43. The van der Waals surface area contributed by atoms with Crippen LogP contribution < -0.4 is 5.32 Å². The first-order valence-corrected chi connectivity index (χ1v) is 9.50. The van der Waals surface area contributed by atoms with Crippen molar-refractivity contribution in [1.29, 1.82) is 0 Å². The third-order valence-corrected chi connectivity index (χ3v) is 4.84. The molecule has 3 unspecified atom stereocenters. The van der Waals surface area contributed by atoms with Gasteiger partial charge in [-0.2, -0.15) is 0 Å². The van der Waals surface area contributed by atoms with Gasteiger partial charge in [0, 0.05) is 6.54 Å². The molecule has 0 radical (unpaired) electrons. The minimum atomic E-state index is 0.108. The van der Waals surface area contributed by atoms with Gasteiger partial charge < -0.3 is 10.1 Å². The van der Waals surface area contributed by atoms with Crippen LogP contribution in [0.1, 0.15) is 91.9 Å². The summed E-state index contributed by atoms with van der Waals surface area (Å²) in [4.78, 5) is 0. The number of ether oxygens (including phenoxy) is 1. The smallest absolute Gasteiger partial charge is 0.0812 e. The van der Waals surface area contributed by atoms with E-state index >= 15 is 0 Å². The fourth-order valence-electron chi connectivity index (χ4n) is 3.76. The Bertz CT molecular complexity index is 256. The third kappa shape index (κ3) is 7.65. The molecule has 0 aliphatic heterocycles. The normalized spacial score (nSPS) is 27.7. The van der Waals surface area contributed by atoms with Crippen molar-refractivity contribution in [3.8, 4) is 0 Å². The van der Waals surface area contributed by atoms with E-state index in [4.69, 9.17) is 4.74 Å². The molecule has 2 heteroatoms. The molecule has 0 saturated heterocycles. The zero-order valence-electron chi connectivity index (χ0n) is 15.0. The van der Waals surface area contributed by atoms with E-state index < -0.39 is 0 Å². The van der Waals surface area contributed by atoms with Gasteiger partial charge in [0.25, 0.3) is 0 Å². The molecule has 1 aliphatic rings. The first kappa shape index (κ1) is 19.0. The van der Waals surface area contributed by atoms with E-state index in [0.29, 0.717) is 6.10 Å². The van der Waals surface area contributed by atoms with E-state index in [1.54, 1.807) is 0 Å². The highest BCUT2D eigenvalue weighted by Gasteiger charge is 2.36. The zero-order chi connectivity index (χ0) is 15.6. The van der Waals surface area contributed by atoms with Crippen molar-refractivity contribution < 1.29 is 4.74 Å². The Hall–Kier alpha value is -0.0800. The van der Waals surface area contributed by atoms with Crippen molar-refractivity contribution in [1.82, 2.24) is 5.32 Å². The lowest BCUT2D eigenvalue weighted by Crippen LogP contribution is -2.48. The summed E-state index contributed by atoms with van der Waals surface area (Å²) in [6.45, 7) is 11.3. The molecule has 3 atom stereocenters. The molecule has 1 rings (SSSR count). The van der Waals surface area contributed by atoms with Crippen LogP contribution in [-0.4, -0.2) is 24.8 Å². The van der Waals surface area contributed by atoms with Crippen molar-refractivity contribution >= 4 is 0 Å². The SMILES string of the molecule is CCCCCCC(C)OC1(CNCCC)CCCC(C)C1. The average molecular weight is 298 g/mol. The average Bonchev–Trinajstić information content (AvgIpc) is 2.44. The minimum absolute atomic E-state index is 0.108. The van der Waals surface area contributed by atoms with Gasteiger partial charge in [-0.05, 0) is 45.1 Å². The second-order valence-electron chi connectivity index (χ2n) is 7.34. The Morgan fingerprint density at radius 3 is 2.67 bits per heavy atom. The van der Waals surface area contributed by atoms with Crippen LogP contribution in [0.25, 0.3) is 0 Å². The van der Waals surface area contributed by atoms with E-state index in [2.05, 4.69) is 33.0 Å². The van der Waals surface area contributed by atoms with E-state index in [9.17, 15) is 0 Å². The summed E-state index contributed by atoms with van der Waals surface area (Å²) in [6.07, 6.45) is 13.4. The third-order valence-electron chi connectivity index (χ3n) is 4.84. The van der Waals surface area contributed by atoms with Crippen LogP contribution in [0.2, 0.25) is 0 Å². The maximum Gasteiger partial charge on any atom is 0.0812 e. The maximum absolute atomic E-state index is 6.61. The van der Waals surface area contributed by atoms with Crippen molar-refractivity contribution in [3.05, 3.63) is 0 Å². The van der Waals surface area contributed by atoms with E-state index in [1.807, 2.05) is 0 Å². The largest absolute Gasteiger partial charge is 0.371 e. The summed E-state index contributed by atoms with van der Waals surface area (Å²) < 4.78 is 6.61. The molecule has 0 aromatic carbocycles. The van der Waals surface area contributed by atoms with Gasteiger partial charge in [0.15, 0.2) is 0 Å². The van der Waals surface area contributed by atoms with Gasteiger partial charge in [-0.25, -0.2) is 0 Å². The van der Waals surface area contributed by atoms with Crippen LogP contribution in [-0.2, 0) is 4.74 Å². The van der Waals surface area contributed by atoms with Gasteiger partial charge >= 0.3 is 0 Å². The van der Waals surface area contributed by atoms with Gasteiger partial charge in [0.2, 0.25) is 0 Å². The second-order valence-corrected chi connectivity index (χ2v) is 7.34. The van der Waals surface area contributed by atoms with Crippen molar-refractivity contribution in [2.24, 2.45) is 5.92 Å². The predicted octanol–water partition coefficient (Wildman–Crippen LogP) is 5.31. The number of rotatable bonds is 11. The molecule has 126 valence electrons. The maximum atomic E-state index is 6.61. The molecule has 0 aromatic heterocycles. The monoisotopic (exact) mass is 297 g/mol. The van der Waals surface area contributed by atoms with Crippen LogP contribution in [0.4, 0.5) is 0 Å². The number of hydrogen-bond donors (Lipinski definition) is 1. The Morgan fingerprint density at radius 1 is 1.19 bits per heavy atom. The molecule has 2 nitrogen and oxygen atoms in total. The first-order chi connectivity index (χ1) is 10.1. The quantitative estimate of drug-likeness (QED) is 0.522. The van der Waals surface area contributed by atoms with Crippen molar-refractivity contribution in [2.75, 3.05) is 13.1 Å². The van der Waals surface area contributed by atoms with Crippen molar-refractivity contribution in [3.63, 3.8) is 0 Å². The highest BCUT2D eigenvalue weighted by atomic mass is 16.5. The number of nitrogens with one attached hydrogen (secondary N) is 1. The molecule has 1 fully saturated rings. The van der Waals surface area contributed by atoms with Crippen LogP contribution in [0.3, 0.4) is 0 Å². The van der Waals surface area contributed by atoms with Crippen LogP contribution >= 0.6 is 0 Å². The van der Waals surface area contributed by atoms with Crippen LogP contribution in [0.5, 0.6) is 0 Å². The van der Waals surface area contributed by atoms with Gasteiger partial charge in [0.1, 0.15) is 0 Å². The number of unbranched alkanes of at least 4 members (excludes halogenated alkanes) is 3. The second kappa shape index (κ2) is 10.6. The van der Waals surface area contributed by atoms with Crippen LogP contribution in [0, 0.1) is 5.92 Å². The molecule has 1 aliphatic carbocycles. The Morgan fingerprint density at radius 2 is 2.00 bits per heavy atom. The van der Waals surface area contributed by atoms with E-state index in [0.717, 1.165) is 19.0 Å². The standard InChI is InChI=1S/C19H39NO/c1-5-7-8-9-12-18(4)21-19(16-20-14-6-2)13-10-11-17(3)15-19/h17-18,20H,5-16H2,1-4H3. The van der Waals surface area contributed by atoms with E-state index in [-0.39, 0.29) is 5.60 Å². The lowest BCUT2D eigenvalue weighted by atomic mass is 9.78. The molecule has 0 aromatic rings. The molecule has 0 spiro atoms. The van der Waals surface area contributed by atoms with Gasteiger partial charge in [-0.1, -0.05) is 59.3 Å². The summed E-state index contributed by atoms with van der Waals surface area (Å²) in [5.74, 6) is 0.814. The lowest BCUT2D eigenvalue weighted by molar-refractivity contribution is -0.117. The van der Waals surface area contributed by atoms with Gasteiger partial charge in [-0.3, -0.25) is 0 Å². The Labute approximate surface area is 133 Å². The summed E-state index contributed by atoms with van der Waals surface area (Å²) >= 11 is 0. The first-order valence-electron chi connectivity index (χ1n) is 9.50. The van der Waals surface area contributed by atoms with Gasteiger partial charge in [0.05, 0.1) is 11.7 Å². The molecular weight excluding hydrogens is 258 g/mol. The fourth-order valence-corrected chi connectivity index (χ4v) is 3.76. The van der Waals surface area contributed by atoms with E-state index in [1.165, 1.54) is 64.2 Å². The molecule has 0 heterocycles. The molecule has 0 amide bonds. The predicted molar refractivity (Wildman–Crippen MR) is 92.8 cm³/mol. The Kier molecular flexibility index (Phi) is 9.59. The summed E-state index contributed by atoms with van der Waals surface area (Å²) in [5.41, 5.74) is 0.108. The number of hydrogen-bond acceptors (Lipinski definition) is 2. The molecule has 1 saturated carbocycles. The minimum Gasteiger partial charge on any atom is -0.371 e. The summed E-state index contributed by atoms with van der Waals surface area (Å²) in [7, 11) is 0. The van der Waals surface area contributed by atoms with Crippen molar-refractivity contribution in [2.45, 2.75) is 104 Å². The highest BCUT2D eigenvalue weighted by molar-refractivity contribution is 4.90. The molecule has 0 bridgehead atoms. The zero-order valence-corrected chi connectivity index (χ0v) is 15.0.